The Kier molecular flexibility index (Phi) is 4.71. The number of hydrogen-bond donors (Lipinski definition) is 1. The SMILES string of the molecule is CC(C)(C)OC(=O)N1CCN(c2ccc3cc(C(N)=O)cnc3c2)CC1. The molecule has 1 aromatic carbocycles. The van der Waals surface area contributed by atoms with Gasteiger partial charge in [-0.05, 0) is 39.0 Å². The Labute approximate surface area is 152 Å². The van der Waals surface area contributed by atoms with Crippen LogP contribution in [0.15, 0.2) is 30.5 Å². The normalized spacial score (nSPS) is 15.2. The molecule has 0 aliphatic carbocycles. The van der Waals surface area contributed by atoms with E-state index in [1.165, 1.54) is 6.20 Å². The van der Waals surface area contributed by atoms with Gasteiger partial charge in [0.25, 0.3) is 0 Å². The maximum atomic E-state index is 12.2. The second-order valence-corrected chi connectivity index (χ2v) is 7.42. The summed E-state index contributed by atoms with van der Waals surface area (Å²) in [6.07, 6.45) is 1.23. The number of carbonyl (C=O) groups is 2. The quantitative estimate of drug-likeness (QED) is 0.892. The van der Waals surface area contributed by atoms with Gasteiger partial charge in [-0.3, -0.25) is 9.78 Å². The Morgan fingerprint density at radius 3 is 2.42 bits per heavy atom. The molecule has 1 aromatic heterocycles. The summed E-state index contributed by atoms with van der Waals surface area (Å²) in [5.41, 5.74) is 7.06. The van der Waals surface area contributed by atoms with Gasteiger partial charge in [0.2, 0.25) is 5.91 Å². The Bertz CT molecular complexity index is 836. The number of ether oxygens (including phenoxy) is 1. The number of pyridine rings is 1. The summed E-state index contributed by atoms with van der Waals surface area (Å²) in [5.74, 6) is -0.484. The van der Waals surface area contributed by atoms with Crippen LogP contribution in [0.2, 0.25) is 0 Å². The van der Waals surface area contributed by atoms with Crippen LogP contribution in [0.25, 0.3) is 10.9 Å². The number of anilines is 1. The van der Waals surface area contributed by atoms with Crippen molar-refractivity contribution in [2.24, 2.45) is 5.73 Å². The lowest BCUT2D eigenvalue weighted by molar-refractivity contribution is 0.0240. The first-order valence-electron chi connectivity index (χ1n) is 8.65. The van der Waals surface area contributed by atoms with Gasteiger partial charge >= 0.3 is 6.09 Å². The van der Waals surface area contributed by atoms with E-state index in [1.54, 1.807) is 11.0 Å². The van der Waals surface area contributed by atoms with Crippen LogP contribution in [0.4, 0.5) is 10.5 Å². The van der Waals surface area contributed by atoms with E-state index in [0.29, 0.717) is 18.7 Å². The van der Waals surface area contributed by atoms with Gasteiger partial charge in [-0.15, -0.1) is 0 Å². The molecule has 2 heterocycles. The molecule has 1 saturated heterocycles. The van der Waals surface area contributed by atoms with Crippen LogP contribution in [0.5, 0.6) is 0 Å². The molecule has 0 radical (unpaired) electrons. The van der Waals surface area contributed by atoms with E-state index in [0.717, 1.165) is 29.7 Å². The van der Waals surface area contributed by atoms with Crippen LogP contribution in [-0.4, -0.2) is 53.7 Å². The van der Waals surface area contributed by atoms with E-state index < -0.39 is 11.5 Å². The topological polar surface area (TPSA) is 88.8 Å². The Morgan fingerprint density at radius 2 is 1.81 bits per heavy atom. The molecular weight excluding hydrogens is 332 g/mol. The molecule has 0 unspecified atom stereocenters. The molecule has 138 valence electrons. The summed E-state index contributed by atoms with van der Waals surface area (Å²) in [5, 5.41) is 0.873. The largest absolute Gasteiger partial charge is 0.444 e. The zero-order chi connectivity index (χ0) is 18.9. The van der Waals surface area contributed by atoms with Crippen LogP contribution >= 0.6 is 0 Å². The molecule has 0 atom stereocenters. The van der Waals surface area contributed by atoms with Gasteiger partial charge < -0.3 is 20.3 Å². The van der Waals surface area contributed by atoms with E-state index in [9.17, 15) is 9.59 Å². The minimum absolute atomic E-state index is 0.267. The number of rotatable bonds is 2. The van der Waals surface area contributed by atoms with Crippen LogP contribution in [0.1, 0.15) is 31.1 Å². The van der Waals surface area contributed by atoms with Crippen molar-refractivity contribution < 1.29 is 14.3 Å². The Balaban J connectivity index is 1.68. The zero-order valence-corrected chi connectivity index (χ0v) is 15.4. The summed E-state index contributed by atoms with van der Waals surface area (Å²) < 4.78 is 5.43. The first kappa shape index (κ1) is 18.0. The summed E-state index contributed by atoms with van der Waals surface area (Å²) >= 11 is 0. The maximum absolute atomic E-state index is 12.2. The molecule has 2 aromatic rings. The van der Waals surface area contributed by atoms with Gasteiger partial charge in [0, 0.05) is 43.4 Å². The molecule has 7 nitrogen and oxygen atoms in total. The standard InChI is InChI=1S/C19H24N4O3/c1-19(2,3)26-18(25)23-8-6-22(7-9-23)15-5-4-13-10-14(17(20)24)12-21-16(13)11-15/h4-5,10-12H,6-9H2,1-3H3,(H2,20,24). The monoisotopic (exact) mass is 356 g/mol. The van der Waals surface area contributed by atoms with Gasteiger partial charge in [0.15, 0.2) is 0 Å². The molecular formula is C19H24N4O3. The lowest BCUT2D eigenvalue weighted by Crippen LogP contribution is -2.50. The van der Waals surface area contributed by atoms with Crippen molar-refractivity contribution in [3.63, 3.8) is 0 Å². The molecule has 1 aliphatic heterocycles. The average molecular weight is 356 g/mol. The van der Waals surface area contributed by atoms with E-state index in [1.807, 2.05) is 39.0 Å². The molecule has 2 amide bonds. The highest BCUT2D eigenvalue weighted by Crippen LogP contribution is 2.23. The van der Waals surface area contributed by atoms with Crippen LogP contribution in [0.3, 0.4) is 0 Å². The molecule has 3 rings (SSSR count). The Morgan fingerprint density at radius 1 is 1.12 bits per heavy atom. The number of piperazine rings is 1. The van der Waals surface area contributed by atoms with Gasteiger partial charge in [0.1, 0.15) is 5.60 Å². The van der Waals surface area contributed by atoms with Gasteiger partial charge in [-0.25, -0.2) is 4.79 Å². The number of aromatic nitrogens is 1. The summed E-state index contributed by atoms with van der Waals surface area (Å²) in [6, 6.07) is 7.67. The highest BCUT2D eigenvalue weighted by Gasteiger charge is 2.26. The van der Waals surface area contributed by atoms with E-state index in [4.69, 9.17) is 10.5 Å². The minimum Gasteiger partial charge on any atom is -0.444 e. The molecule has 1 fully saturated rings. The lowest BCUT2D eigenvalue weighted by atomic mass is 10.1. The molecule has 26 heavy (non-hydrogen) atoms. The summed E-state index contributed by atoms with van der Waals surface area (Å²) in [6.45, 7) is 8.28. The fourth-order valence-electron chi connectivity index (χ4n) is 2.91. The second kappa shape index (κ2) is 6.82. The van der Waals surface area contributed by atoms with Gasteiger partial charge in [-0.2, -0.15) is 0 Å². The minimum atomic E-state index is -0.484. The van der Waals surface area contributed by atoms with Gasteiger partial charge in [0.05, 0.1) is 11.1 Å². The summed E-state index contributed by atoms with van der Waals surface area (Å²) in [4.78, 5) is 31.7. The number of primary amides is 1. The van der Waals surface area contributed by atoms with Crippen molar-refractivity contribution in [1.29, 1.82) is 0 Å². The zero-order valence-electron chi connectivity index (χ0n) is 15.4. The third-order valence-electron chi connectivity index (χ3n) is 4.25. The van der Waals surface area contributed by atoms with Crippen molar-refractivity contribution in [2.75, 3.05) is 31.1 Å². The van der Waals surface area contributed by atoms with Crippen molar-refractivity contribution in [3.8, 4) is 0 Å². The number of carbonyl (C=O) groups excluding carboxylic acids is 2. The fraction of sp³-hybridized carbons (Fsp3) is 0.421. The van der Waals surface area contributed by atoms with Crippen molar-refractivity contribution in [2.45, 2.75) is 26.4 Å². The fourth-order valence-corrected chi connectivity index (χ4v) is 2.91. The van der Waals surface area contributed by atoms with Crippen molar-refractivity contribution >= 4 is 28.6 Å². The predicted octanol–water partition coefficient (Wildman–Crippen LogP) is 2.39. The van der Waals surface area contributed by atoms with E-state index in [-0.39, 0.29) is 6.09 Å². The molecule has 2 N–H and O–H groups in total. The Hall–Kier alpha value is -2.83. The first-order valence-corrected chi connectivity index (χ1v) is 8.65. The van der Waals surface area contributed by atoms with Crippen LogP contribution in [-0.2, 0) is 4.74 Å². The predicted molar refractivity (Wildman–Crippen MR) is 100 cm³/mol. The number of hydrogen-bond acceptors (Lipinski definition) is 5. The first-order chi connectivity index (χ1) is 12.2. The van der Waals surface area contributed by atoms with Crippen molar-refractivity contribution in [3.05, 3.63) is 36.0 Å². The lowest BCUT2D eigenvalue weighted by Gasteiger charge is -2.36. The molecule has 1 aliphatic rings. The maximum Gasteiger partial charge on any atom is 0.410 e. The molecule has 7 heteroatoms. The highest BCUT2D eigenvalue weighted by molar-refractivity contribution is 5.96. The number of amides is 2. The number of benzene rings is 1. The van der Waals surface area contributed by atoms with Crippen LogP contribution < -0.4 is 10.6 Å². The average Bonchev–Trinajstić information content (AvgIpc) is 2.59. The molecule has 0 saturated carbocycles. The third kappa shape index (κ3) is 4.04. The summed E-state index contributed by atoms with van der Waals surface area (Å²) in [7, 11) is 0. The van der Waals surface area contributed by atoms with Crippen LogP contribution in [0, 0.1) is 0 Å². The number of fused-ring (bicyclic) bond motifs is 1. The second-order valence-electron chi connectivity index (χ2n) is 7.42. The van der Waals surface area contributed by atoms with Gasteiger partial charge in [-0.1, -0.05) is 6.07 Å². The molecule has 0 bridgehead atoms. The molecule has 0 spiro atoms. The van der Waals surface area contributed by atoms with Crippen molar-refractivity contribution in [1.82, 2.24) is 9.88 Å². The third-order valence-corrected chi connectivity index (χ3v) is 4.25. The highest BCUT2D eigenvalue weighted by atomic mass is 16.6. The number of nitrogens with zero attached hydrogens (tertiary/aromatic N) is 3. The smallest absolute Gasteiger partial charge is 0.410 e. The number of nitrogens with two attached hydrogens (primary N) is 1. The van der Waals surface area contributed by atoms with E-state index >= 15 is 0 Å². The van der Waals surface area contributed by atoms with E-state index in [2.05, 4.69) is 9.88 Å².